The molecule has 4 rings (SSSR count). The van der Waals surface area contributed by atoms with Crippen molar-refractivity contribution in [3.8, 4) is 0 Å². The zero-order chi connectivity index (χ0) is 17.4. The second-order valence-electron chi connectivity index (χ2n) is 6.80. The van der Waals surface area contributed by atoms with Gasteiger partial charge < -0.3 is 14.7 Å². The van der Waals surface area contributed by atoms with Gasteiger partial charge in [-0.25, -0.2) is 0 Å². The lowest BCUT2D eigenvalue weighted by atomic mass is 9.89. The van der Waals surface area contributed by atoms with E-state index < -0.39 is 6.10 Å². The fourth-order valence-corrected chi connectivity index (χ4v) is 4.29. The van der Waals surface area contributed by atoms with E-state index in [1.165, 1.54) is 0 Å². The molecule has 3 atom stereocenters. The van der Waals surface area contributed by atoms with E-state index in [1.54, 1.807) is 18.3 Å². The van der Waals surface area contributed by atoms with Gasteiger partial charge in [-0.15, -0.1) is 0 Å². The highest BCUT2D eigenvalue weighted by molar-refractivity contribution is 6.36. The van der Waals surface area contributed by atoms with E-state index >= 15 is 0 Å². The molecule has 2 aromatic rings. The maximum absolute atomic E-state index is 13.3. The first-order valence-electron chi connectivity index (χ1n) is 8.77. The quantitative estimate of drug-likeness (QED) is 0.894. The molecule has 2 saturated heterocycles. The summed E-state index contributed by atoms with van der Waals surface area (Å²) in [4.78, 5) is 19.5. The van der Waals surface area contributed by atoms with Gasteiger partial charge in [-0.1, -0.05) is 11.6 Å². The van der Waals surface area contributed by atoms with Gasteiger partial charge in [-0.05, 0) is 43.5 Å². The van der Waals surface area contributed by atoms with Crippen molar-refractivity contribution >= 4 is 28.4 Å². The van der Waals surface area contributed by atoms with Crippen LogP contribution in [0, 0.1) is 5.92 Å². The Hall–Kier alpha value is -1.69. The predicted octanol–water partition coefficient (Wildman–Crippen LogP) is 2.89. The minimum atomic E-state index is -0.410. The summed E-state index contributed by atoms with van der Waals surface area (Å²) in [6, 6.07) is 7.21. The topological polar surface area (TPSA) is 62.7 Å². The third-order valence-corrected chi connectivity index (χ3v) is 5.69. The number of likely N-dealkylation sites (tertiary alicyclic amines) is 1. The molecule has 3 heterocycles. The number of aromatic nitrogens is 1. The Balaban J connectivity index is 1.67. The Labute approximate surface area is 151 Å². The highest BCUT2D eigenvalue weighted by atomic mass is 35.5. The molecule has 1 aromatic heterocycles. The second-order valence-corrected chi connectivity index (χ2v) is 7.20. The van der Waals surface area contributed by atoms with E-state index in [4.69, 9.17) is 16.3 Å². The van der Waals surface area contributed by atoms with Gasteiger partial charge in [0.05, 0.1) is 28.8 Å². The van der Waals surface area contributed by atoms with Crippen LogP contribution >= 0.6 is 11.6 Å². The van der Waals surface area contributed by atoms with Gasteiger partial charge in [0.25, 0.3) is 5.91 Å². The number of carbonyl (C=O) groups is 1. The van der Waals surface area contributed by atoms with Crippen molar-refractivity contribution < 1.29 is 14.6 Å². The summed E-state index contributed by atoms with van der Waals surface area (Å²) >= 11 is 6.25. The molecular formula is C19H21ClN2O3. The average molecular weight is 361 g/mol. The third kappa shape index (κ3) is 3.01. The monoisotopic (exact) mass is 360 g/mol. The molecule has 1 amide bonds. The summed E-state index contributed by atoms with van der Waals surface area (Å²) < 4.78 is 5.56. The number of ether oxygens (including phenoxy) is 1. The molecule has 0 saturated carbocycles. The lowest BCUT2D eigenvalue weighted by Gasteiger charge is -2.37. The standard InChI is InChI=1S/C19H21ClN2O3/c20-15-6-5-13(18-12(15)3-1-8-21-18)19(24)22-9-2-4-16(22)14-11-25-10-7-17(14)23/h1,3,5-6,8,14,16-17,23H,2,4,7,9-11H2. The molecule has 3 unspecified atom stereocenters. The van der Waals surface area contributed by atoms with Crippen LogP contribution in [0.25, 0.3) is 10.9 Å². The number of nitrogens with zero attached hydrogens (tertiary/aromatic N) is 2. The summed E-state index contributed by atoms with van der Waals surface area (Å²) in [5, 5.41) is 11.7. The molecule has 1 N–H and O–H groups in total. The fourth-order valence-electron chi connectivity index (χ4n) is 4.07. The largest absolute Gasteiger partial charge is 0.393 e. The van der Waals surface area contributed by atoms with Crippen molar-refractivity contribution in [3.63, 3.8) is 0 Å². The molecule has 0 bridgehead atoms. The lowest BCUT2D eigenvalue weighted by Crippen LogP contribution is -2.48. The number of hydrogen-bond donors (Lipinski definition) is 1. The van der Waals surface area contributed by atoms with Crippen LogP contribution < -0.4 is 0 Å². The van der Waals surface area contributed by atoms with Gasteiger partial charge in [-0.3, -0.25) is 9.78 Å². The van der Waals surface area contributed by atoms with E-state index in [0.717, 1.165) is 18.2 Å². The van der Waals surface area contributed by atoms with Crippen LogP contribution in [0.5, 0.6) is 0 Å². The first kappa shape index (κ1) is 16.8. The number of pyridine rings is 1. The maximum Gasteiger partial charge on any atom is 0.256 e. The van der Waals surface area contributed by atoms with Crippen LogP contribution in [0.2, 0.25) is 5.02 Å². The summed E-state index contributed by atoms with van der Waals surface area (Å²) in [5.41, 5.74) is 1.20. The van der Waals surface area contributed by atoms with Crippen LogP contribution in [0.4, 0.5) is 0 Å². The molecule has 0 aliphatic carbocycles. The third-order valence-electron chi connectivity index (χ3n) is 5.36. The molecule has 2 aliphatic heterocycles. The number of aliphatic hydroxyl groups excluding tert-OH is 1. The zero-order valence-electron chi connectivity index (χ0n) is 13.9. The summed E-state index contributed by atoms with van der Waals surface area (Å²) in [5.74, 6) is -0.0626. The predicted molar refractivity (Wildman–Crippen MR) is 95.7 cm³/mol. The molecule has 0 spiro atoms. The Bertz CT molecular complexity index is 797. The van der Waals surface area contributed by atoms with Crippen molar-refractivity contribution in [2.24, 2.45) is 5.92 Å². The molecule has 2 fully saturated rings. The number of benzene rings is 1. The Morgan fingerprint density at radius 2 is 2.20 bits per heavy atom. The smallest absolute Gasteiger partial charge is 0.256 e. The number of carbonyl (C=O) groups excluding carboxylic acids is 1. The number of halogens is 1. The van der Waals surface area contributed by atoms with E-state index in [2.05, 4.69) is 4.98 Å². The Morgan fingerprint density at radius 3 is 3.04 bits per heavy atom. The molecule has 25 heavy (non-hydrogen) atoms. The van der Waals surface area contributed by atoms with Gasteiger partial charge in [-0.2, -0.15) is 0 Å². The Kier molecular flexibility index (Phi) is 4.63. The summed E-state index contributed by atoms with van der Waals surface area (Å²) in [6.45, 7) is 1.79. The van der Waals surface area contributed by atoms with Crippen molar-refractivity contribution in [3.05, 3.63) is 41.0 Å². The van der Waals surface area contributed by atoms with Crippen molar-refractivity contribution in [2.45, 2.75) is 31.4 Å². The minimum absolute atomic E-state index is 0.0113. The van der Waals surface area contributed by atoms with E-state index in [0.29, 0.717) is 42.3 Å². The van der Waals surface area contributed by atoms with Crippen LogP contribution in [0.15, 0.2) is 30.5 Å². The van der Waals surface area contributed by atoms with Crippen molar-refractivity contribution in [1.29, 1.82) is 0 Å². The lowest BCUT2D eigenvalue weighted by molar-refractivity contribution is -0.0589. The van der Waals surface area contributed by atoms with Gasteiger partial charge >= 0.3 is 0 Å². The van der Waals surface area contributed by atoms with E-state index in [-0.39, 0.29) is 17.9 Å². The summed E-state index contributed by atoms with van der Waals surface area (Å²) in [7, 11) is 0. The van der Waals surface area contributed by atoms with Crippen LogP contribution in [0.3, 0.4) is 0 Å². The number of fused-ring (bicyclic) bond motifs is 1. The van der Waals surface area contributed by atoms with E-state index in [9.17, 15) is 9.90 Å². The first-order valence-corrected chi connectivity index (χ1v) is 9.14. The second kappa shape index (κ2) is 6.90. The molecule has 1 aromatic carbocycles. The molecular weight excluding hydrogens is 340 g/mol. The summed E-state index contributed by atoms with van der Waals surface area (Å²) in [6.07, 6.45) is 3.74. The van der Waals surface area contributed by atoms with Crippen LogP contribution in [-0.4, -0.2) is 52.8 Å². The normalized spacial score (nSPS) is 27.0. The maximum atomic E-state index is 13.3. The minimum Gasteiger partial charge on any atom is -0.393 e. The van der Waals surface area contributed by atoms with Gasteiger partial charge in [0.15, 0.2) is 0 Å². The van der Waals surface area contributed by atoms with Crippen molar-refractivity contribution in [1.82, 2.24) is 9.88 Å². The number of hydrogen-bond acceptors (Lipinski definition) is 4. The van der Waals surface area contributed by atoms with E-state index in [1.807, 2.05) is 17.0 Å². The van der Waals surface area contributed by atoms with Gasteiger partial charge in [0.2, 0.25) is 0 Å². The Morgan fingerprint density at radius 1 is 1.32 bits per heavy atom. The number of rotatable bonds is 2. The van der Waals surface area contributed by atoms with Crippen LogP contribution in [-0.2, 0) is 4.74 Å². The van der Waals surface area contributed by atoms with Crippen molar-refractivity contribution in [2.75, 3.05) is 19.8 Å². The molecule has 6 heteroatoms. The molecule has 2 aliphatic rings. The fraction of sp³-hybridized carbons (Fsp3) is 0.474. The molecule has 0 radical (unpaired) electrons. The first-order chi connectivity index (χ1) is 12.2. The SMILES string of the molecule is O=C(c1ccc(Cl)c2cccnc12)N1CCCC1C1COCCC1O. The highest BCUT2D eigenvalue weighted by Gasteiger charge is 2.40. The number of aliphatic hydroxyl groups is 1. The number of amides is 1. The van der Waals surface area contributed by atoms with Gasteiger partial charge in [0, 0.05) is 36.7 Å². The highest BCUT2D eigenvalue weighted by Crippen LogP contribution is 2.33. The zero-order valence-corrected chi connectivity index (χ0v) is 14.7. The molecule has 5 nitrogen and oxygen atoms in total. The van der Waals surface area contributed by atoms with Gasteiger partial charge in [0.1, 0.15) is 0 Å². The average Bonchev–Trinajstić information content (AvgIpc) is 3.12. The molecule has 132 valence electrons. The van der Waals surface area contributed by atoms with Crippen LogP contribution in [0.1, 0.15) is 29.6 Å².